The Morgan fingerprint density at radius 3 is 2.81 bits per heavy atom. The first-order valence-corrected chi connectivity index (χ1v) is 5.60. The minimum atomic E-state index is -2.67. The van der Waals surface area contributed by atoms with E-state index in [4.69, 9.17) is 0 Å². The van der Waals surface area contributed by atoms with Crippen molar-refractivity contribution in [2.45, 2.75) is 11.8 Å². The second-order valence-corrected chi connectivity index (χ2v) is 3.76. The summed E-state index contributed by atoms with van der Waals surface area (Å²) in [5, 5.41) is 0.476. The fourth-order valence-electron chi connectivity index (χ4n) is 1.54. The van der Waals surface area contributed by atoms with E-state index >= 15 is 0 Å². The lowest BCUT2D eigenvalue weighted by Gasteiger charge is -2.02. The highest BCUT2D eigenvalue weighted by Gasteiger charge is 2.17. The summed E-state index contributed by atoms with van der Waals surface area (Å²) >= 11 is 3.20. The number of aromatic amines is 1. The Labute approximate surface area is 98.0 Å². The number of halogens is 3. The average Bonchev–Trinajstić information content (AvgIpc) is 2.69. The zero-order valence-corrected chi connectivity index (χ0v) is 9.59. The Morgan fingerprint density at radius 2 is 2.25 bits per heavy atom. The van der Waals surface area contributed by atoms with Crippen molar-refractivity contribution in [2.24, 2.45) is 0 Å². The SMILES string of the molecule is O=Cc1c(C(F)F)ccc2[nH]c(CBr)nc12. The Morgan fingerprint density at radius 1 is 1.50 bits per heavy atom. The number of aromatic nitrogens is 2. The highest BCUT2D eigenvalue weighted by molar-refractivity contribution is 9.08. The molecule has 0 radical (unpaired) electrons. The highest BCUT2D eigenvalue weighted by atomic mass is 79.9. The third-order valence-corrected chi connectivity index (χ3v) is 2.79. The number of carbonyl (C=O) groups excluding carboxylic acids is 1. The van der Waals surface area contributed by atoms with E-state index < -0.39 is 6.43 Å². The van der Waals surface area contributed by atoms with Gasteiger partial charge in [0.2, 0.25) is 0 Å². The molecule has 6 heteroatoms. The molecule has 0 bridgehead atoms. The molecule has 0 saturated carbocycles. The molecule has 0 aliphatic heterocycles. The summed E-state index contributed by atoms with van der Waals surface area (Å²) in [4.78, 5) is 17.8. The number of hydrogen-bond acceptors (Lipinski definition) is 2. The first-order valence-electron chi connectivity index (χ1n) is 4.48. The molecular weight excluding hydrogens is 282 g/mol. The van der Waals surface area contributed by atoms with Crippen LogP contribution >= 0.6 is 15.9 Å². The van der Waals surface area contributed by atoms with Crippen molar-refractivity contribution in [3.8, 4) is 0 Å². The third kappa shape index (κ3) is 1.73. The largest absolute Gasteiger partial charge is 0.341 e. The molecule has 16 heavy (non-hydrogen) atoms. The molecule has 0 atom stereocenters. The van der Waals surface area contributed by atoms with Gasteiger partial charge in [0.15, 0.2) is 6.29 Å². The summed E-state index contributed by atoms with van der Waals surface area (Å²) in [6.45, 7) is 0. The number of alkyl halides is 3. The molecule has 3 nitrogen and oxygen atoms in total. The van der Waals surface area contributed by atoms with Crippen molar-refractivity contribution in [1.82, 2.24) is 9.97 Å². The molecule has 1 aromatic heterocycles. The predicted octanol–water partition coefficient (Wildman–Crippen LogP) is 3.21. The first-order chi connectivity index (χ1) is 7.67. The zero-order valence-electron chi connectivity index (χ0n) is 8.01. The van der Waals surface area contributed by atoms with Crippen molar-refractivity contribution < 1.29 is 13.6 Å². The number of nitrogens with zero attached hydrogens (tertiary/aromatic N) is 1. The number of fused-ring (bicyclic) bond motifs is 1. The Kier molecular flexibility index (Phi) is 3.00. The number of imidazole rings is 1. The van der Waals surface area contributed by atoms with E-state index in [2.05, 4.69) is 25.9 Å². The van der Waals surface area contributed by atoms with Gasteiger partial charge in [-0.15, -0.1) is 0 Å². The topological polar surface area (TPSA) is 45.8 Å². The van der Waals surface area contributed by atoms with E-state index in [1.807, 2.05) is 0 Å². The number of aldehydes is 1. The number of H-pyrrole nitrogens is 1. The minimum absolute atomic E-state index is 0.0454. The van der Waals surface area contributed by atoms with E-state index in [1.54, 1.807) is 0 Å². The average molecular weight is 289 g/mol. The Bertz CT molecular complexity index is 539. The second-order valence-electron chi connectivity index (χ2n) is 3.20. The number of carbonyl (C=O) groups is 1. The van der Waals surface area contributed by atoms with Gasteiger partial charge in [-0.1, -0.05) is 22.0 Å². The standard InChI is InChI=1S/C10H7BrF2N2O/c11-3-8-14-7-2-1-5(10(12)13)6(4-16)9(7)15-8/h1-2,4,10H,3H2,(H,14,15). The molecule has 2 aromatic rings. The van der Waals surface area contributed by atoms with Gasteiger partial charge >= 0.3 is 0 Å². The molecule has 2 rings (SSSR count). The van der Waals surface area contributed by atoms with Crippen LogP contribution in [0.5, 0.6) is 0 Å². The zero-order chi connectivity index (χ0) is 11.7. The van der Waals surface area contributed by atoms with E-state index in [-0.39, 0.29) is 11.1 Å². The first kappa shape index (κ1) is 11.2. The van der Waals surface area contributed by atoms with Crippen LogP contribution in [-0.4, -0.2) is 16.3 Å². The normalized spacial score (nSPS) is 11.2. The molecule has 0 aliphatic carbocycles. The van der Waals surface area contributed by atoms with Gasteiger partial charge in [-0.25, -0.2) is 13.8 Å². The van der Waals surface area contributed by atoms with Crippen molar-refractivity contribution in [3.63, 3.8) is 0 Å². The molecule has 84 valence electrons. The van der Waals surface area contributed by atoms with Crippen LogP contribution in [0.15, 0.2) is 12.1 Å². The van der Waals surface area contributed by atoms with Crippen LogP contribution in [0.1, 0.15) is 28.2 Å². The van der Waals surface area contributed by atoms with E-state index in [0.29, 0.717) is 28.5 Å². The van der Waals surface area contributed by atoms with E-state index in [1.165, 1.54) is 12.1 Å². The number of benzene rings is 1. The number of nitrogens with one attached hydrogen (secondary N) is 1. The summed E-state index contributed by atoms with van der Waals surface area (Å²) in [6, 6.07) is 2.75. The van der Waals surface area contributed by atoms with Gasteiger partial charge < -0.3 is 4.98 Å². The maximum atomic E-state index is 12.6. The lowest BCUT2D eigenvalue weighted by atomic mass is 10.1. The maximum Gasteiger partial charge on any atom is 0.264 e. The van der Waals surface area contributed by atoms with Crippen LogP contribution < -0.4 is 0 Å². The molecule has 1 N–H and O–H groups in total. The quantitative estimate of drug-likeness (QED) is 0.696. The van der Waals surface area contributed by atoms with Gasteiger partial charge in [-0.3, -0.25) is 4.79 Å². The Balaban J connectivity index is 2.74. The monoisotopic (exact) mass is 288 g/mol. The van der Waals surface area contributed by atoms with Gasteiger partial charge in [-0.05, 0) is 6.07 Å². The highest BCUT2D eigenvalue weighted by Crippen LogP contribution is 2.27. The smallest absolute Gasteiger partial charge is 0.264 e. The van der Waals surface area contributed by atoms with Crippen LogP contribution in [-0.2, 0) is 5.33 Å². The maximum absolute atomic E-state index is 12.6. The molecule has 0 unspecified atom stereocenters. The number of hydrogen-bond donors (Lipinski definition) is 1. The lowest BCUT2D eigenvalue weighted by molar-refractivity contribution is 0.110. The summed E-state index contributed by atoms with van der Waals surface area (Å²) < 4.78 is 25.3. The molecule has 1 aromatic carbocycles. The van der Waals surface area contributed by atoms with Gasteiger partial charge in [0.05, 0.1) is 21.9 Å². The van der Waals surface area contributed by atoms with Crippen molar-refractivity contribution in [2.75, 3.05) is 0 Å². The molecular formula is C10H7BrF2N2O. The summed E-state index contributed by atoms with van der Waals surface area (Å²) in [5.74, 6) is 0.601. The molecule has 0 fully saturated rings. The fraction of sp³-hybridized carbons (Fsp3) is 0.200. The third-order valence-electron chi connectivity index (χ3n) is 2.26. The van der Waals surface area contributed by atoms with Crippen LogP contribution in [0.25, 0.3) is 11.0 Å². The van der Waals surface area contributed by atoms with Gasteiger partial charge in [0.25, 0.3) is 6.43 Å². The Hall–Kier alpha value is -1.30. The summed E-state index contributed by atoms with van der Waals surface area (Å²) in [5.41, 5.74) is 0.550. The van der Waals surface area contributed by atoms with Crippen LogP contribution in [0, 0.1) is 0 Å². The molecule has 0 amide bonds. The van der Waals surface area contributed by atoms with Crippen molar-refractivity contribution in [3.05, 3.63) is 29.1 Å². The van der Waals surface area contributed by atoms with Gasteiger partial charge in [0.1, 0.15) is 5.82 Å². The van der Waals surface area contributed by atoms with Crippen LogP contribution in [0.4, 0.5) is 8.78 Å². The second kappa shape index (κ2) is 4.29. The molecule has 1 heterocycles. The summed E-state index contributed by atoms with van der Waals surface area (Å²) in [7, 11) is 0. The molecule has 0 aliphatic rings. The number of rotatable bonds is 3. The lowest BCUT2D eigenvalue weighted by Crippen LogP contribution is -1.94. The predicted molar refractivity (Wildman–Crippen MR) is 59.1 cm³/mol. The van der Waals surface area contributed by atoms with Crippen molar-refractivity contribution in [1.29, 1.82) is 0 Å². The van der Waals surface area contributed by atoms with E-state index in [9.17, 15) is 13.6 Å². The van der Waals surface area contributed by atoms with E-state index in [0.717, 1.165) is 0 Å². The van der Waals surface area contributed by atoms with Crippen molar-refractivity contribution >= 4 is 33.2 Å². The molecule has 0 spiro atoms. The van der Waals surface area contributed by atoms with Gasteiger partial charge in [0, 0.05) is 5.56 Å². The van der Waals surface area contributed by atoms with Crippen LogP contribution in [0.3, 0.4) is 0 Å². The fourth-order valence-corrected chi connectivity index (χ4v) is 1.81. The summed E-state index contributed by atoms with van der Waals surface area (Å²) in [6.07, 6.45) is -2.25. The van der Waals surface area contributed by atoms with Gasteiger partial charge in [-0.2, -0.15) is 0 Å². The van der Waals surface area contributed by atoms with Crippen LogP contribution in [0.2, 0.25) is 0 Å². The molecule has 0 saturated heterocycles. The minimum Gasteiger partial charge on any atom is -0.341 e.